The number of carboxylic acids is 1. The first-order valence-corrected chi connectivity index (χ1v) is 6.49. The van der Waals surface area contributed by atoms with Gasteiger partial charge in [-0.25, -0.2) is 18.4 Å². The smallest absolute Gasteiger partial charge is 0.410 e. The van der Waals surface area contributed by atoms with Crippen LogP contribution < -0.4 is 0 Å². The Morgan fingerprint density at radius 2 is 2.00 bits per heavy atom. The highest BCUT2D eigenvalue weighted by molar-refractivity contribution is 5.81. The largest absolute Gasteiger partial charge is 0.480 e. The van der Waals surface area contributed by atoms with Gasteiger partial charge in [-0.1, -0.05) is 30.3 Å². The normalized spacial score (nSPS) is 21.6. The molecule has 1 aromatic rings. The summed E-state index contributed by atoms with van der Waals surface area (Å²) < 4.78 is 30.6. The van der Waals surface area contributed by atoms with Gasteiger partial charge in [0.1, 0.15) is 12.6 Å². The van der Waals surface area contributed by atoms with E-state index in [2.05, 4.69) is 0 Å². The summed E-state index contributed by atoms with van der Waals surface area (Å²) in [5.74, 6) is -2.79. The van der Waals surface area contributed by atoms with Gasteiger partial charge in [-0.05, 0) is 12.0 Å². The van der Waals surface area contributed by atoms with Crippen LogP contribution in [0.4, 0.5) is 13.6 Å². The van der Waals surface area contributed by atoms with Crippen molar-refractivity contribution >= 4 is 12.1 Å². The van der Waals surface area contributed by atoms with Gasteiger partial charge in [0, 0.05) is 6.54 Å². The van der Waals surface area contributed by atoms with Gasteiger partial charge in [-0.15, -0.1) is 0 Å². The molecule has 2 atom stereocenters. The molecule has 0 saturated carbocycles. The Hall–Kier alpha value is -2.18. The Morgan fingerprint density at radius 1 is 1.33 bits per heavy atom. The van der Waals surface area contributed by atoms with Crippen LogP contribution in [0.15, 0.2) is 30.3 Å². The second kappa shape index (κ2) is 6.51. The molecule has 1 aliphatic rings. The Labute approximate surface area is 120 Å². The number of nitrogens with zero attached hydrogens (tertiary/aromatic N) is 1. The number of alkyl halides is 2. The Kier molecular flexibility index (Phi) is 4.72. The predicted molar refractivity (Wildman–Crippen MR) is 68.9 cm³/mol. The number of carbonyl (C=O) groups is 2. The average molecular weight is 299 g/mol. The summed E-state index contributed by atoms with van der Waals surface area (Å²) in [4.78, 5) is 23.9. The highest BCUT2D eigenvalue weighted by atomic mass is 19.3. The number of hydrogen-bond donors (Lipinski definition) is 1. The topological polar surface area (TPSA) is 66.8 Å². The molecule has 21 heavy (non-hydrogen) atoms. The summed E-state index contributed by atoms with van der Waals surface area (Å²) in [6, 6.07) is 7.30. The second-order valence-corrected chi connectivity index (χ2v) is 4.80. The van der Waals surface area contributed by atoms with E-state index in [0.717, 1.165) is 10.5 Å². The van der Waals surface area contributed by atoms with Crippen LogP contribution in [0.25, 0.3) is 0 Å². The highest BCUT2D eigenvalue weighted by Gasteiger charge is 2.46. The lowest BCUT2D eigenvalue weighted by Crippen LogP contribution is -2.45. The highest BCUT2D eigenvalue weighted by Crippen LogP contribution is 2.30. The molecule has 1 heterocycles. The van der Waals surface area contributed by atoms with Gasteiger partial charge >= 0.3 is 12.1 Å². The van der Waals surface area contributed by atoms with Crippen molar-refractivity contribution in [2.24, 2.45) is 5.92 Å². The molecule has 1 saturated heterocycles. The SMILES string of the molecule is O=C(O)[C@H]1[C@H](C(F)F)CCN1C(=O)OCc1ccccc1. The molecule has 1 N–H and O–H groups in total. The van der Waals surface area contributed by atoms with E-state index in [1.165, 1.54) is 0 Å². The molecule has 0 unspecified atom stereocenters. The van der Waals surface area contributed by atoms with Gasteiger partial charge in [-0.2, -0.15) is 0 Å². The van der Waals surface area contributed by atoms with E-state index in [1.54, 1.807) is 30.3 Å². The fourth-order valence-corrected chi connectivity index (χ4v) is 2.40. The third-order valence-electron chi connectivity index (χ3n) is 3.46. The summed E-state index contributed by atoms with van der Waals surface area (Å²) >= 11 is 0. The number of carboxylic acid groups (broad SMARTS) is 1. The van der Waals surface area contributed by atoms with Gasteiger partial charge in [-0.3, -0.25) is 4.90 Å². The number of halogens is 2. The fraction of sp³-hybridized carbons (Fsp3) is 0.429. The number of rotatable bonds is 4. The van der Waals surface area contributed by atoms with E-state index in [1.807, 2.05) is 0 Å². The van der Waals surface area contributed by atoms with Crippen LogP contribution >= 0.6 is 0 Å². The van der Waals surface area contributed by atoms with Crippen molar-refractivity contribution in [3.8, 4) is 0 Å². The molecule has 0 aromatic heterocycles. The molecule has 5 nitrogen and oxygen atoms in total. The van der Waals surface area contributed by atoms with Crippen molar-refractivity contribution in [1.82, 2.24) is 4.90 Å². The molecule has 1 aromatic carbocycles. The lowest BCUT2D eigenvalue weighted by atomic mass is 10.0. The molecule has 1 aliphatic heterocycles. The maximum Gasteiger partial charge on any atom is 0.410 e. The summed E-state index contributed by atoms with van der Waals surface area (Å²) in [5, 5.41) is 9.05. The Balaban J connectivity index is 2.00. The maximum absolute atomic E-state index is 12.8. The lowest BCUT2D eigenvalue weighted by Gasteiger charge is -2.23. The first-order valence-electron chi connectivity index (χ1n) is 6.49. The monoisotopic (exact) mass is 299 g/mol. The van der Waals surface area contributed by atoms with E-state index in [-0.39, 0.29) is 19.6 Å². The molecule has 0 radical (unpaired) electrons. The second-order valence-electron chi connectivity index (χ2n) is 4.80. The number of likely N-dealkylation sites (tertiary alicyclic amines) is 1. The molecule has 114 valence electrons. The molecule has 2 rings (SSSR count). The van der Waals surface area contributed by atoms with Gasteiger partial charge in [0.15, 0.2) is 0 Å². The summed E-state index contributed by atoms with van der Waals surface area (Å²) in [7, 11) is 0. The van der Waals surface area contributed by atoms with Crippen LogP contribution in [0, 0.1) is 5.92 Å². The van der Waals surface area contributed by atoms with E-state index in [0.29, 0.717) is 0 Å². The number of benzene rings is 1. The number of aliphatic carboxylic acids is 1. The standard InChI is InChI=1S/C14H15F2NO4/c15-12(16)10-6-7-17(11(10)13(18)19)14(20)21-8-9-4-2-1-3-5-9/h1-5,10-12H,6-8H2,(H,18,19)/t10-,11-/m1/s1. The summed E-state index contributed by atoms with van der Waals surface area (Å²) in [6.07, 6.45) is -3.71. The van der Waals surface area contributed by atoms with Crippen molar-refractivity contribution in [3.05, 3.63) is 35.9 Å². The minimum atomic E-state index is -2.78. The van der Waals surface area contributed by atoms with Crippen molar-refractivity contribution in [2.75, 3.05) is 6.54 Å². The van der Waals surface area contributed by atoms with Gasteiger partial charge < -0.3 is 9.84 Å². The third-order valence-corrected chi connectivity index (χ3v) is 3.46. The minimum Gasteiger partial charge on any atom is -0.480 e. The van der Waals surface area contributed by atoms with Crippen LogP contribution in [-0.4, -0.2) is 41.1 Å². The fourth-order valence-electron chi connectivity index (χ4n) is 2.40. The first-order chi connectivity index (χ1) is 10.0. The average Bonchev–Trinajstić information content (AvgIpc) is 2.91. The molecule has 1 fully saturated rings. The number of carbonyl (C=O) groups excluding carboxylic acids is 1. The van der Waals surface area contributed by atoms with Crippen LogP contribution in [0.5, 0.6) is 0 Å². The van der Waals surface area contributed by atoms with Crippen molar-refractivity contribution < 1.29 is 28.2 Å². The minimum absolute atomic E-state index is 0.0259. The number of hydrogen-bond acceptors (Lipinski definition) is 3. The van der Waals surface area contributed by atoms with E-state index >= 15 is 0 Å². The summed E-state index contributed by atoms with van der Waals surface area (Å²) in [5.41, 5.74) is 0.738. The van der Waals surface area contributed by atoms with Crippen molar-refractivity contribution in [2.45, 2.75) is 25.5 Å². The van der Waals surface area contributed by atoms with Crippen LogP contribution in [0.1, 0.15) is 12.0 Å². The lowest BCUT2D eigenvalue weighted by molar-refractivity contribution is -0.145. The molecule has 1 amide bonds. The molecule has 0 aliphatic carbocycles. The quantitative estimate of drug-likeness (QED) is 0.927. The summed E-state index contributed by atoms with van der Waals surface area (Å²) in [6.45, 7) is -0.0680. The molecular formula is C14H15F2NO4. The first kappa shape index (κ1) is 15.2. The van der Waals surface area contributed by atoms with Crippen LogP contribution in [-0.2, 0) is 16.1 Å². The zero-order valence-electron chi connectivity index (χ0n) is 11.1. The number of ether oxygens (including phenoxy) is 1. The van der Waals surface area contributed by atoms with E-state index < -0.39 is 30.4 Å². The Morgan fingerprint density at radius 3 is 2.57 bits per heavy atom. The third kappa shape index (κ3) is 3.48. The van der Waals surface area contributed by atoms with Crippen LogP contribution in [0.3, 0.4) is 0 Å². The maximum atomic E-state index is 12.8. The van der Waals surface area contributed by atoms with Gasteiger partial charge in [0.2, 0.25) is 6.43 Å². The van der Waals surface area contributed by atoms with Crippen molar-refractivity contribution in [3.63, 3.8) is 0 Å². The van der Waals surface area contributed by atoms with Crippen LogP contribution in [0.2, 0.25) is 0 Å². The van der Waals surface area contributed by atoms with E-state index in [4.69, 9.17) is 9.84 Å². The van der Waals surface area contributed by atoms with E-state index in [9.17, 15) is 18.4 Å². The zero-order valence-corrected chi connectivity index (χ0v) is 11.1. The molecule has 0 bridgehead atoms. The van der Waals surface area contributed by atoms with Gasteiger partial charge in [0.05, 0.1) is 5.92 Å². The molecule has 7 heteroatoms. The van der Waals surface area contributed by atoms with Gasteiger partial charge in [0.25, 0.3) is 0 Å². The van der Waals surface area contributed by atoms with Crippen molar-refractivity contribution in [1.29, 1.82) is 0 Å². The Bertz CT molecular complexity index is 509. The molecule has 0 spiro atoms. The molecular weight excluding hydrogens is 284 g/mol. The number of amides is 1. The zero-order chi connectivity index (χ0) is 15.4. The predicted octanol–water partition coefficient (Wildman–Crippen LogP) is 2.36.